The maximum absolute atomic E-state index is 10.8. The fraction of sp³-hybridized carbons (Fsp3) is 0.667. The highest BCUT2D eigenvalue weighted by atomic mass is 16.4. The van der Waals surface area contributed by atoms with Gasteiger partial charge in [0.05, 0.1) is 24.7 Å². The quantitative estimate of drug-likeness (QED) is 0.522. The van der Waals surface area contributed by atoms with Gasteiger partial charge < -0.3 is 20.4 Å². The van der Waals surface area contributed by atoms with Crippen molar-refractivity contribution in [2.75, 3.05) is 0 Å². The summed E-state index contributed by atoms with van der Waals surface area (Å²) in [6, 6.07) is 0. The van der Waals surface area contributed by atoms with E-state index in [1.54, 1.807) is 13.8 Å². The molecule has 116 valence electrons. The van der Waals surface area contributed by atoms with Crippen molar-refractivity contribution in [1.29, 1.82) is 0 Å². The fourth-order valence-corrected chi connectivity index (χ4v) is 1.38. The van der Waals surface area contributed by atoms with Gasteiger partial charge in [-0.15, -0.1) is 0 Å². The third-order valence-electron chi connectivity index (χ3n) is 2.85. The lowest BCUT2D eigenvalue weighted by molar-refractivity contribution is -0.156. The lowest BCUT2D eigenvalue weighted by Gasteiger charge is -2.24. The van der Waals surface area contributed by atoms with Gasteiger partial charge in [0.1, 0.15) is 0 Å². The summed E-state index contributed by atoms with van der Waals surface area (Å²) in [5, 5.41) is 33.1. The Morgan fingerprint density at radius 1 is 0.750 bits per heavy atom. The van der Waals surface area contributed by atoms with E-state index in [1.165, 1.54) is 0 Å². The molecule has 0 saturated heterocycles. The monoisotopic (exact) mass is 292 g/mol. The van der Waals surface area contributed by atoms with Crippen LogP contribution in [-0.2, 0) is 19.2 Å². The van der Waals surface area contributed by atoms with Gasteiger partial charge in [0.25, 0.3) is 0 Å². The lowest BCUT2D eigenvalue weighted by Crippen LogP contribution is -2.32. The summed E-state index contributed by atoms with van der Waals surface area (Å²) < 4.78 is 0. The van der Waals surface area contributed by atoms with Gasteiger partial charge in [-0.05, 0) is 12.8 Å². The molecular weight excluding hydrogens is 272 g/mol. The van der Waals surface area contributed by atoms with Crippen LogP contribution < -0.4 is 0 Å². The van der Waals surface area contributed by atoms with Crippen molar-refractivity contribution < 1.29 is 39.6 Å². The Labute approximate surface area is 116 Å². The number of carboxylic acids is 4. The zero-order valence-corrected chi connectivity index (χ0v) is 11.5. The summed E-state index contributed by atoms with van der Waals surface area (Å²) in [5.74, 6) is -4.23. The highest BCUT2D eigenvalue weighted by molar-refractivity contribution is 5.81. The van der Waals surface area contributed by atoms with Crippen molar-refractivity contribution in [2.45, 2.75) is 46.0 Å². The second-order valence-electron chi connectivity index (χ2n) is 4.15. The molecule has 8 nitrogen and oxygen atoms in total. The van der Waals surface area contributed by atoms with Crippen LogP contribution >= 0.6 is 0 Å². The summed E-state index contributed by atoms with van der Waals surface area (Å²) in [5.41, 5.74) is -1.08. The Morgan fingerprint density at radius 2 is 1.10 bits per heavy atom. The molecule has 0 spiro atoms. The largest absolute Gasteiger partial charge is 0.481 e. The van der Waals surface area contributed by atoms with E-state index in [0.29, 0.717) is 12.8 Å². The van der Waals surface area contributed by atoms with Crippen LogP contribution in [0, 0.1) is 5.41 Å². The first-order valence-electron chi connectivity index (χ1n) is 6.00. The van der Waals surface area contributed by atoms with Crippen molar-refractivity contribution in [3.05, 3.63) is 0 Å². The predicted molar refractivity (Wildman–Crippen MR) is 67.4 cm³/mol. The Balaban J connectivity index is 0. The Bertz CT molecular complexity index is 342. The van der Waals surface area contributed by atoms with Crippen molar-refractivity contribution in [2.24, 2.45) is 5.41 Å². The van der Waals surface area contributed by atoms with Crippen LogP contribution in [0.4, 0.5) is 0 Å². The smallest absolute Gasteiger partial charge is 0.310 e. The van der Waals surface area contributed by atoms with Crippen molar-refractivity contribution in [3.8, 4) is 0 Å². The van der Waals surface area contributed by atoms with Crippen LogP contribution in [0.2, 0.25) is 0 Å². The first-order valence-corrected chi connectivity index (χ1v) is 6.00. The molecule has 0 atom stereocenters. The standard InChI is InChI=1S/C8H14O4.C4H6O4/c1-3-8(4-2,7(11)12)5-6(9)10;5-3(6)1-2-4(7)8/h3-5H2,1-2H3,(H,9,10)(H,11,12);1-2H2,(H,5,6)(H,7,8). The van der Waals surface area contributed by atoms with Crippen LogP contribution in [0.3, 0.4) is 0 Å². The maximum Gasteiger partial charge on any atom is 0.310 e. The predicted octanol–water partition coefficient (Wildman–Crippen LogP) is 1.29. The molecule has 0 fully saturated rings. The first-order chi connectivity index (χ1) is 9.11. The molecular formula is C12H20O8. The van der Waals surface area contributed by atoms with Gasteiger partial charge in [-0.1, -0.05) is 13.8 Å². The van der Waals surface area contributed by atoms with Gasteiger partial charge in [0, 0.05) is 0 Å². The second-order valence-corrected chi connectivity index (χ2v) is 4.15. The Kier molecular flexibility index (Phi) is 9.86. The van der Waals surface area contributed by atoms with Crippen LogP contribution in [0.15, 0.2) is 0 Å². The van der Waals surface area contributed by atoms with E-state index >= 15 is 0 Å². The molecule has 0 aromatic carbocycles. The number of rotatable bonds is 8. The fourth-order valence-electron chi connectivity index (χ4n) is 1.38. The zero-order valence-electron chi connectivity index (χ0n) is 11.5. The van der Waals surface area contributed by atoms with Crippen molar-refractivity contribution in [1.82, 2.24) is 0 Å². The topological polar surface area (TPSA) is 149 Å². The highest BCUT2D eigenvalue weighted by Gasteiger charge is 2.36. The van der Waals surface area contributed by atoms with Crippen LogP contribution in [0.25, 0.3) is 0 Å². The molecule has 4 N–H and O–H groups in total. The van der Waals surface area contributed by atoms with E-state index in [1.807, 2.05) is 0 Å². The highest BCUT2D eigenvalue weighted by Crippen LogP contribution is 2.30. The first kappa shape index (κ1) is 20.2. The second kappa shape index (κ2) is 9.76. The Morgan fingerprint density at radius 3 is 1.20 bits per heavy atom. The summed E-state index contributed by atoms with van der Waals surface area (Å²) >= 11 is 0. The molecule has 20 heavy (non-hydrogen) atoms. The number of hydrogen-bond acceptors (Lipinski definition) is 4. The van der Waals surface area contributed by atoms with E-state index in [2.05, 4.69) is 0 Å². The van der Waals surface area contributed by atoms with E-state index < -0.39 is 29.3 Å². The van der Waals surface area contributed by atoms with Gasteiger partial charge >= 0.3 is 23.9 Å². The molecule has 8 heteroatoms. The molecule has 0 amide bonds. The third-order valence-corrected chi connectivity index (χ3v) is 2.85. The maximum atomic E-state index is 10.8. The van der Waals surface area contributed by atoms with Crippen LogP contribution in [-0.4, -0.2) is 44.3 Å². The van der Waals surface area contributed by atoms with E-state index in [0.717, 1.165) is 0 Å². The zero-order chi connectivity index (χ0) is 16.3. The van der Waals surface area contributed by atoms with Gasteiger partial charge in [-0.25, -0.2) is 0 Å². The average molecular weight is 292 g/mol. The minimum Gasteiger partial charge on any atom is -0.481 e. The van der Waals surface area contributed by atoms with Gasteiger partial charge in [0.15, 0.2) is 0 Å². The summed E-state index contributed by atoms with van der Waals surface area (Å²) in [4.78, 5) is 40.4. The molecule has 0 aliphatic carbocycles. The molecule has 0 rings (SSSR count). The van der Waals surface area contributed by atoms with Crippen LogP contribution in [0.1, 0.15) is 46.0 Å². The van der Waals surface area contributed by atoms with Gasteiger partial charge in [-0.3, -0.25) is 19.2 Å². The summed E-state index contributed by atoms with van der Waals surface area (Å²) in [6.45, 7) is 3.39. The normalized spacial score (nSPS) is 10.1. The number of carboxylic acid groups (broad SMARTS) is 4. The van der Waals surface area contributed by atoms with E-state index in [4.69, 9.17) is 20.4 Å². The third kappa shape index (κ3) is 8.90. The van der Waals surface area contributed by atoms with E-state index in [-0.39, 0.29) is 19.3 Å². The molecule has 0 aromatic rings. The van der Waals surface area contributed by atoms with Crippen LogP contribution in [0.5, 0.6) is 0 Å². The molecule has 0 aliphatic rings. The minimum atomic E-state index is -1.08. The molecule has 0 radical (unpaired) electrons. The summed E-state index contributed by atoms with van der Waals surface area (Å²) in [7, 11) is 0. The van der Waals surface area contributed by atoms with E-state index in [9.17, 15) is 19.2 Å². The molecule has 0 aliphatic heterocycles. The minimum absolute atomic E-state index is 0.296. The molecule has 0 heterocycles. The van der Waals surface area contributed by atoms with Gasteiger partial charge in [-0.2, -0.15) is 0 Å². The average Bonchev–Trinajstić information content (AvgIpc) is 2.33. The lowest BCUT2D eigenvalue weighted by atomic mass is 9.79. The number of hydrogen-bond donors (Lipinski definition) is 4. The van der Waals surface area contributed by atoms with Crippen molar-refractivity contribution >= 4 is 23.9 Å². The number of aliphatic carboxylic acids is 4. The molecule has 0 saturated carbocycles. The summed E-state index contributed by atoms with van der Waals surface area (Å²) in [6.07, 6.45) is -0.184. The molecule has 0 bridgehead atoms. The Hall–Kier alpha value is -2.12. The SMILES string of the molecule is CCC(CC)(CC(=O)O)C(=O)O.O=C(O)CCC(=O)O. The molecule has 0 aromatic heterocycles. The molecule has 0 unspecified atom stereocenters. The number of carbonyl (C=O) groups is 4. The van der Waals surface area contributed by atoms with Crippen molar-refractivity contribution in [3.63, 3.8) is 0 Å². The van der Waals surface area contributed by atoms with Gasteiger partial charge in [0.2, 0.25) is 0 Å².